The molecule has 0 spiro atoms. The first-order valence-corrected chi connectivity index (χ1v) is 17.5. The summed E-state index contributed by atoms with van der Waals surface area (Å²) in [6.07, 6.45) is 0. The Bertz CT molecular complexity index is 3650. The molecular formula is C46H20F2S. The summed E-state index contributed by atoms with van der Waals surface area (Å²) in [6, 6.07) is 41.9. The van der Waals surface area contributed by atoms with Crippen LogP contribution in [-0.2, 0) is 0 Å². The molecule has 2 aliphatic carbocycles. The van der Waals surface area contributed by atoms with E-state index in [4.69, 9.17) is 0 Å². The summed E-state index contributed by atoms with van der Waals surface area (Å²) in [5.41, 5.74) is 1.05. The standard InChI is InChI=1S/C46H20F2S/c47-22-3-1-21(2-4-22)39-20-38-35-16-14-32-29-11-9-28-31-13-15-34-37-19-23(48)5-6-24(37)25-7-8-26(41(31)40(25)34)27-10-12-30(43(29)42(27)28)33-17-18-36(46(38)49-39)45(35)44(32)33/h1-20H. The van der Waals surface area contributed by atoms with Crippen molar-refractivity contribution in [3.63, 3.8) is 0 Å². The van der Waals surface area contributed by atoms with Crippen LogP contribution >= 0.6 is 11.3 Å². The smallest absolute Gasteiger partial charge is 0.123 e. The molecule has 0 aliphatic heterocycles. The fraction of sp³-hybridized carbons (Fsp3) is 0. The lowest BCUT2D eigenvalue weighted by atomic mass is 9.83. The van der Waals surface area contributed by atoms with Crippen molar-refractivity contribution in [2.45, 2.75) is 0 Å². The van der Waals surface area contributed by atoms with Gasteiger partial charge >= 0.3 is 0 Å². The van der Waals surface area contributed by atoms with E-state index in [9.17, 15) is 8.78 Å². The second kappa shape index (κ2) is 8.20. The zero-order valence-electron chi connectivity index (χ0n) is 25.7. The average Bonchev–Trinajstić information content (AvgIpc) is 3.80. The Kier molecular flexibility index (Phi) is 4.21. The predicted molar refractivity (Wildman–Crippen MR) is 198 cm³/mol. The zero-order valence-corrected chi connectivity index (χ0v) is 26.5. The van der Waals surface area contributed by atoms with Crippen LogP contribution in [0, 0.1) is 52.7 Å². The summed E-state index contributed by atoms with van der Waals surface area (Å²) in [5.74, 6) is -0.410. The van der Waals surface area contributed by atoms with Crippen molar-refractivity contribution in [1.82, 2.24) is 0 Å². The van der Waals surface area contributed by atoms with Crippen molar-refractivity contribution in [3.05, 3.63) is 174 Å². The number of hydrogen-bond donors (Lipinski definition) is 0. The molecule has 0 amide bonds. The van der Waals surface area contributed by atoms with Gasteiger partial charge in [-0.15, -0.1) is 11.3 Å². The van der Waals surface area contributed by atoms with Crippen LogP contribution in [0.3, 0.4) is 0 Å². The fourth-order valence-corrected chi connectivity index (χ4v) is 10.9. The first-order chi connectivity index (χ1) is 24.1. The Morgan fingerprint density at radius 1 is 0.306 bits per heavy atom. The molecule has 11 aromatic rings. The number of halogens is 2. The molecule has 0 atom stereocenters. The van der Waals surface area contributed by atoms with E-state index in [1.807, 2.05) is 18.2 Å². The SMILES string of the molecule is Fc1ccc(-c2cc3c(s2)=c2ccc4c5ccc6c7ccc8c9c(ccc(c%10ccc(c%11ccc=3c2c%114)c5c%106)c97)=c2cc(F)ccc2=8)cc1. The maximum absolute atomic E-state index is 14.4. The van der Waals surface area contributed by atoms with Gasteiger partial charge < -0.3 is 0 Å². The molecule has 0 N–H and O–H groups in total. The molecule has 0 saturated heterocycles. The topological polar surface area (TPSA) is 0 Å². The van der Waals surface area contributed by atoms with Crippen molar-refractivity contribution in [3.8, 4) is 10.4 Å². The molecule has 0 radical (unpaired) electrons. The number of benzene rings is 10. The van der Waals surface area contributed by atoms with Gasteiger partial charge in [0.2, 0.25) is 0 Å². The molecule has 0 nitrogen and oxygen atoms in total. The van der Waals surface area contributed by atoms with Gasteiger partial charge in [-0.25, -0.2) is 8.78 Å². The van der Waals surface area contributed by atoms with E-state index < -0.39 is 0 Å². The fourth-order valence-electron chi connectivity index (χ4n) is 9.67. The Morgan fingerprint density at radius 2 is 0.714 bits per heavy atom. The normalized spacial score (nSPS) is 13.1. The molecule has 0 saturated carbocycles. The van der Waals surface area contributed by atoms with Crippen molar-refractivity contribution in [2.75, 3.05) is 0 Å². The monoisotopic (exact) mass is 642 g/mol. The predicted octanol–water partition coefficient (Wildman–Crippen LogP) is 12.4. The minimum atomic E-state index is -0.212. The van der Waals surface area contributed by atoms with E-state index in [1.165, 1.54) is 101 Å². The number of rotatable bonds is 1. The zero-order chi connectivity index (χ0) is 31.9. The molecule has 13 rings (SSSR count). The Hall–Kier alpha value is -5.90. The van der Waals surface area contributed by atoms with Gasteiger partial charge in [-0.05, 0) is 137 Å². The van der Waals surface area contributed by atoms with Crippen LogP contribution in [0.25, 0.3) is 85.8 Å². The summed E-state index contributed by atoms with van der Waals surface area (Å²) < 4.78 is 29.4. The van der Waals surface area contributed by atoms with Crippen LogP contribution in [0.4, 0.5) is 8.78 Å². The highest BCUT2D eigenvalue weighted by Gasteiger charge is 2.22. The molecule has 1 aromatic heterocycles. The van der Waals surface area contributed by atoms with E-state index >= 15 is 0 Å². The Labute approximate surface area is 279 Å². The van der Waals surface area contributed by atoms with Crippen molar-refractivity contribution >= 4 is 86.7 Å². The van der Waals surface area contributed by atoms with E-state index in [1.54, 1.807) is 35.6 Å². The van der Waals surface area contributed by atoms with Gasteiger partial charge in [0.1, 0.15) is 11.6 Å². The first-order valence-electron chi connectivity index (χ1n) is 16.6. The van der Waals surface area contributed by atoms with E-state index in [0.717, 1.165) is 26.1 Å². The maximum Gasteiger partial charge on any atom is 0.123 e. The van der Waals surface area contributed by atoms with E-state index in [0.29, 0.717) is 0 Å². The van der Waals surface area contributed by atoms with Crippen LogP contribution < -0.4 is 0 Å². The molecule has 224 valence electrons. The molecule has 10 aromatic carbocycles. The molecule has 1 heterocycles. The molecule has 0 fully saturated rings. The molecule has 2 aliphatic rings. The highest BCUT2D eigenvalue weighted by atomic mass is 32.1. The van der Waals surface area contributed by atoms with Crippen molar-refractivity contribution in [1.29, 1.82) is 0 Å². The third-order valence-corrected chi connectivity index (χ3v) is 12.8. The first kappa shape index (κ1) is 25.2. The lowest BCUT2D eigenvalue weighted by Gasteiger charge is -2.19. The minimum Gasteiger partial charge on any atom is -0.207 e. The largest absolute Gasteiger partial charge is 0.207 e. The van der Waals surface area contributed by atoms with Crippen molar-refractivity contribution in [2.24, 2.45) is 0 Å². The van der Waals surface area contributed by atoms with Crippen LogP contribution in [-0.4, -0.2) is 0 Å². The third-order valence-electron chi connectivity index (χ3n) is 11.6. The summed E-state index contributed by atoms with van der Waals surface area (Å²) in [6.45, 7) is 0. The molecular weight excluding hydrogens is 623 g/mol. The number of hydrogen-bond acceptors (Lipinski definition) is 1. The number of fused-ring (bicyclic) bond motifs is 6. The van der Waals surface area contributed by atoms with Crippen LogP contribution in [0.15, 0.2) is 121 Å². The quantitative estimate of drug-likeness (QED) is 0.123. The highest BCUT2D eigenvalue weighted by Crippen LogP contribution is 2.48. The second-order valence-corrected chi connectivity index (χ2v) is 14.8. The molecule has 0 unspecified atom stereocenters. The minimum absolute atomic E-state index is 0.198. The van der Waals surface area contributed by atoms with Gasteiger partial charge in [0, 0.05) is 19.8 Å². The van der Waals surface area contributed by atoms with E-state index in [2.05, 4.69) is 78.9 Å². The van der Waals surface area contributed by atoms with E-state index in [-0.39, 0.29) is 11.6 Å². The van der Waals surface area contributed by atoms with Crippen LogP contribution in [0.2, 0.25) is 0 Å². The molecule has 0 bridgehead atoms. The Morgan fingerprint density at radius 3 is 1.29 bits per heavy atom. The van der Waals surface area contributed by atoms with Crippen molar-refractivity contribution < 1.29 is 8.78 Å². The van der Waals surface area contributed by atoms with Gasteiger partial charge in [-0.3, -0.25) is 0 Å². The summed E-state index contributed by atoms with van der Waals surface area (Å²) in [4.78, 5) is 1.16. The van der Waals surface area contributed by atoms with Gasteiger partial charge in [0.15, 0.2) is 0 Å². The molecule has 49 heavy (non-hydrogen) atoms. The number of thiophene rings is 1. The lowest BCUT2D eigenvalue weighted by molar-refractivity contribution is 0.626. The van der Waals surface area contributed by atoms with Crippen LogP contribution in [0.5, 0.6) is 0 Å². The van der Waals surface area contributed by atoms with Gasteiger partial charge in [0.25, 0.3) is 0 Å². The van der Waals surface area contributed by atoms with Gasteiger partial charge in [-0.1, -0.05) is 91.0 Å². The van der Waals surface area contributed by atoms with Gasteiger partial charge in [-0.2, -0.15) is 0 Å². The van der Waals surface area contributed by atoms with Gasteiger partial charge in [0.05, 0.1) is 0 Å². The van der Waals surface area contributed by atoms with Crippen LogP contribution in [0.1, 0.15) is 0 Å². The third kappa shape index (κ3) is 2.81. The summed E-state index contributed by atoms with van der Waals surface area (Å²) in [7, 11) is 0. The summed E-state index contributed by atoms with van der Waals surface area (Å²) in [5, 5.41) is 26.2. The highest BCUT2D eigenvalue weighted by molar-refractivity contribution is 7.13. The second-order valence-electron chi connectivity index (χ2n) is 13.8. The average molecular weight is 643 g/mol. The summed E-state index contributed by atoms with van der Waals surface area (Å²) >= 11 is 1.80. The lowest BCUT2D eigenvalue weighted by Crippen LogP contribution is -1.92. The maximum atomic E-state index is 14.4. The molecule has 3 heteroatoms. The Balaban J connectivity index is 1.18.